The van der Waals surface area contributed by atoms with E-state index in [-0.39, 0.29) is 76.5 Å². The van der Waals surface area contributed by atoms with E-state index in [9.17, 15) is 58.2 Å². The number of nitrogens with zero attached hydrogens (tertiary/aromatic N) is 2. The van der Waals surface area contributed by atoms with Crippen LogP contribution in [0, 0.1) is 0 Å². The van der Waals surface area contributed by atoms with Gasteiger partial charge in [-0.1, -0.05) is 36.4 Å². The zero-order valence-corrected chi connectivity index (χ0v) is 45.9. The number of hydrogen-bond acceptors (Lipinski definition) is 15. The standard InChI is InChI=1S/C52H77N19O12/c1-27(72)43(50(82)83)71-49(81)39(22-40(55)73)70-48(80)38(21-29-24-63-34-13-5-3-11-31(29)34)67-42(75)26-65-45(77)35(15-8-18-60-51(56)57)68-47(79)37(16-9-19-61-52(58)59)69-46(78)36(14-6-7-17-53)66-41(74)25-64-44(76)32(54)20-28-23-62-33-12-4-2-10-30(28)33/h2-5,10-13,23-24,27,32,35-39,43,62-63,72H,6-9,14-22,25-26,53-54H2,1H3,(H2,55,73)(H,64,76)(H,65,77)(H,66,74)(H,67,75)(H,68,79)(H,69,78)(H,70,80)(H,71,81)(H,82,83)(H4,56,57,60)(H4,58,59,61)/t27-,32+,35+,36+,37+,38+,39+,43+/m1/s1. The Morgan fingerprint density at radius 3 is 1.47 bits per heavy atom. The number of guanidine groups is 2. The number of aliphatic imine (C=N–C) groups is 2. The molecule has 0 radical (unpaired) electrons. The number of primary amides is 1. The van der Waals surface area contributed by atoms with Gasteiger partial charge in [0.2, 0.25) is 53.2 Å². The van der Waals surface area contributed by atoms with Crippen LogP contribution in [-0.4, -0.2) is 172 Å². The first-order chi connectivity index (χ1) is 39.5. The van der Waals surface area contributed by atoms with Crippen LogP contribution in [0.1, 0.15) is 69.4 Å². The minimum absolute atomic E-state index is 0.00278. The highest BCUT2D eigenvalue weighted by Crippen LogP contribution is 2.21. The van der Waals surface area contributed by atoms with E-state index in [1.54, 1.807) is 36.7 Å². The summed E-state index contributed by atoms with van der Waals surface area (Å²) in [5.74, 6) is -10.3. The molecule has 31 nitrogen and oxygen atoms in total. The van der Waals surface area contributed by atoms with Crippen molar-refractivity contribution in [1.29, 1.82) is 0 Å². The molecule has 26 N–H and O–H groups in total. The molecule has 9 amide bonds. The van der Waals surface area contributed by atoms with Crippen LogP contribution in [0.5, 0.6) is 0 Å². The zero-order chi connectivity index (χ0) is 61.2. The fraction of sp³-hybridized carbons (Fsp3) is 0.462. The van der Waals surface area contributed by atoms with Crippen molar-refractivity contribution in [2.75, 3.05) is 32.7 Å². The lowest BCUT2D eigenvalue weighted by atomic mass is 10.0. The maximum Gasteiger partial charge on any atom is 0.328 e. The van der Waals surface area contributed by atoms with Crippen LogP contribution in [0.25, 0.3) is 21.8 Å². The van der Waals surface area contributed by atoms with Crippen LogP contribution in [0.4, 0.5) is 0 Å². The van der Waals surface area contributed by atoms with Gasteiger partial charge in [-0.3, -0.25) is 53.1 Å². The van der Waals surface area contributed by atoms with Gasteiger partial charge in [0.15, 0.2) is 18.0 Å². The molecule has 2 aromatic carbocycles. The molecule has 0 unspecified atom stereocenters. The highest BCUT2D eigenvalue weighted by molar-refractivity contribution is 5.98. The minimum Gasteiger partial charge on any atom is -0.480 e. The lowest BCUT2D eigenvalue weighted by molar-refractivity contribution is -0.145. The van der Waals surface area contributed by atoms with Gasteiger partial charge in [-0.05, 0) is 88.1 Å². The maximum absolute atomic E-state index is 14.3. The molecule has 0 saturated carbocycles. The van der Waals surface area contributed by atoms with Crippen molar-refractivity contribution in [3.05, 3.63) is 72.1 Å². The molecule has 0 spiro atoms. The fourth-order valence-corrected chi connectivity index (χ4v) is 8.62. The van der Waals surface area contributed by atoms with Gasteiger partial charge in [0, 0.05) is 53.7 Å². The summed E-state index contributed by atoms with van der Waals surface area (Å²) < 4.78 is 0. The van der Waals surface area contributed by atoms with Gasteiger partial charge in [-0.15, -0.1) is 0 Å². The number of carboxylic acids is 1. The lowest BCUT2D eigenvalue weighted by Crippen LogP contribution is -2.59. The summed E-state index contributed by atoms with van der Waals surface area (Å²) in [5.41, 5.74) is 42.2. The number of carbonyl (C=O) groups is 10. The topological polar surface area (TPSA) is 546 Å². The lowest BCUT2D eigenvalue weighted by Gasteiger charge is -2.26. The number of H-pyrrole nitrogens is 2. The molecule has 2 heterocycles. The summed E-state index contributed by atoms with van der Waals surface area (Å²) >= 11 is 0. The highest BCUT2D eigenvalue weighted by atomic mass is 16.4. The predicted octanol–water partition coefficient (Wildman–Crippen LogP) is -5.52. The average molecular weight is 1160 g/mol. The number of aliphatic hydroxyl groups is 1. The molecule has 4 aromatic rings. The Hall–Kier alpha value is -9.36. The van der Waals surface area contributed by atoms with Gasteiger partial charge >= 0.3 is 5.97 Å². The molecule has 0 aliphatic heterocycles. The van der Waals surface area contributed by atoms with Crippen molar-refractivity contribution >= 4 is 92.9 Å². The van der Waals surface area contributed by atoms with Gasteiger partial charge in [-0.25, -0.2) is 4.79 Å². The number of carboxylic acid groups (broad SMARTS) is 1. The summed E-state index contributed by atoms with van der Waals surface area (Å²) in [6.07, 6.45) is 1.72. The fourth-order valence-electron chi connectivity index (χ4n) is 8.62. The molecule has 452 valence electrons. The molecule has 0 aliphatic carbocycles. The maximum atomic E-state index is 14.3. The smallest absolute Gasteiger partial charge is 0.328 e. The molecule has 4 rings (SSSR count). The third-order valence-electron chi connectivity index (χ3n) is 12.9. The first-order valence-electron chi connectivity index (χ1n) is 26.7. The van der Waals surface area contributed by atoms with Crippen molar-refractivity contribution in [3.63, 3.8) is 0 Å². The predicted molar refractivity (Wildman–Crippen MR) is 305 cm³/mol. The Labute approximate surface area is 476 Å². The molecule has 0 aliphatic rings. The highest BCUT2D eigenvalue weighted by Gasteiger charge is 2.34. The molecule has 31 heteroatoms. The second-order valence-electron chi connectivity index (χ2n) is 19.5. The average Bonchev–Trinajstić information content (AvgIpc) is 4.31. The van der Waals surface area contributed by atoms with Crippen LogP contribution in [-0.2, 0) is 60.8 Å². The molecule has 8 atom stereocenters. The van der Waals surface area contributed by atoms with E-state index >= 15 is 0 Å². The van der Waals surface area contributed by atoms with Gasteiger partial charge in [0.1, 0.15) is 30.2 Å². The quantitative estimate of drug-likeness (QED) is 0.0115. The molecule has 0 bridgehead atoms. The number of unbranched alkanes of at least 4 members (excludes halogenated alkanes) is 1. The number of nitrogens with two attached hydrogens (primary N) is 7. The number of amides is 9. The summed E-state index contributed by atoms with van der Waals surface area (Å²) in [4.78, 5) is 148. The number of aliphatic hydroxyl groups excluding tert-OH is 1. The van der Waals surface area contributed by atoms with Crippen LogP contribution in [0.2, 0.25) is 0 Å². The van der Waals surface area contributed by atoms with Crippen LogP contribution in [0.15, 0.2) is 70.9 Å². The number of fused-ring (bicyclic) bond motifs is 2. The van der Waals surface area contributed by atoms with Gasteiger partial charge in [0.25, 0.3) is 0 Å². The third kappa shape index (κ3) is 22.2. The van der Waals surface area contributed by atoms with Crippen molar-refractivity contribution in [3.8, 4) is 0 Å². The number of rotatable bonds is 36. The second kappa shape index (κ2) is 33.4. The third-order valence-corrected chi connectivity index (χ3v) is 12.9. The molecule has 0 saturated heterocycles. The summed E-state index contributed by atoms with van der Waals surface area (Å²) in [7, 11) is 0. The van der Waals surface area contributed by atoms with Crippen molar-refractivity contribution in [2.45, 2.75) is 120 Å². The Morgan fingerprint density at radius 2 is 0.976 bits per heavy atom. The first kappa shape index (κ1) is 66.2. The largest absolute Gasteiger partial charge is 0.480 e. The van der Waals surface area contributed by atoms with Crippen LogP contribution < -0.4 is 82.7 Å². The molecule has 0 fully saturated rings. The van der Waals surface area contributed by atoms with Gasteiger partial charge in [0.05, 0.1) is 31.7 Å². The second-order valence-corrected chi connectivity index (χ2v) is 19.5. The summed E-state index contributed by atoms with van der Waals surface area (Å²) in [6, 6.07) is 4.20. The molecule has 83 heavy (non-hydrogen) atoms. The van der Waals surface area contributed by atoms with E-state index in [2.05, 4.69) is 62.5 Å². The Balaban J connectivity index is 1.52. The summed E-state index contributed by atoms with van der Waals surface area (Å²) in [5, 5.41) is 40.7. The number of aromatic amines is 2. The van der Waals surface area contributed by atoms with Crippen LogP contribution in [0.3, 0.4) is 0 Å². The van der Waals surface area contributed by atoms with E-state index in [1.807, 2.05) is 24.3 Å². The van der Waals surface area contributed by atoms with Crippen molar-refractivity contribution in [1.82, 2.24) is 52.5 Å². The number of aromatic nitrogens is 2. The number of aliphatic carboxylic acids is 1. The van der Waals surface area contributed by atoms with Crippen molar-refractivity contribution < 1.29 is 58.2 Å². The monoisotopic (exact) mass is 1160 g/mol. The van der Waals surface area contributed by atoms with E-state index in [0.717, 1.165) is 23.4 Å². The van der Waals surface area contributed by atoms with Crippen LogP contribution >= 0.6 is 0 Å². The first-order valence-corrected chi connectivity index (χ1v) is 26.7. The number of para-hydroxylation sites is 2. The number of hydrogen-bond donors (Lipinski definition) is 19. The number of nitrogens with one attached hydrogen (secondary N) is 10. The number of benzene rings is 2. The Kier molecular flexibility index (Phi) is 26.6. The van der Waals surface area contributed by atoms with E-state index in [0.29, 0.717) is 29.3 Å². The Morgan fingerprint density at radius 1 is 0.542 bits per heavy atom. The molecular formula is C52H77N19O12. The minimum atomic E-state index is -1.84. The zero-order valence-electron chi connectivity index (χ0n) is 45.9. The van der Waals surface area contributed by atoms with Crippen molar-refractivity contribution in [2.24, 2.45) is 50.1 Å². The summed E-state index contributed by atoms with van der Waals surface area (Å²) in [6.45, 7) is 0.0181. The number of carbonyl (C=O) groups excluding carboxylic acids is 9. The van der Waals surface area contributed by atoms with E-state index < -0.39 is 127 Å². The van der Waals surface area contributed by atoms with E-state index in [4.69, 9.17) is 40.1 Å². The van der Waals surface area contributed by atoms with Gasteiger partial charge in [-0.2, -0.15) is 0 Å². The van der Waals surface area contributed by atoms with Gasteiger partial charge < -0.3 is 103 Å². The SMILES string of the molecule is C[C@@H](O)[C@H](NC(=O)[C@H](CC(N)=O)NC(=O)[C@H](Cc1c[nH]c2ccccc12)NC(=O)CNC(=O)[C@H](CCCN=C(N)N)NC(=O)[C@H](CCCN=C(N)N)NC(=O)[C@H](CCCCN)NC(=O)CNC(=O)[C@@H](N)Cc1c[nH]c2ccccc12)C(=O)O. The van der Waals surface area contributed by atoms with E-state index in [1.165, 1.54) is 0 Å². The molecular weight excluding hydrogens is 1080 g/mol. The normalized spacial score (nSPS) is 13.9. The molecule has 2 aromatic heterocycles. The Bertz CT molecular complexity index is 2950.